The topological polar surface area (TPSA) is 117 Å². The quantitative estimate of drug-likeness (QED) is 0.285. The summed E-state index contributed by atoms with van der Waals surface area (Å²) in [5.41, 5.74) is 0.719. The van der Waals surface area contributed by atoms with Crippen LogP contribution in [-0.4, -0.2) is 98.7 Å². The number of likely N-dealkylation sites (tertiary alicyclic amines) is 1. The highest BCUT2D eigenvalue weighted by molar-refractivity contribution is 5.94. The van der Waals surface area contributed by atoms with Crippen LogP contribution in [0, 0.1) is 11.2 Å². The first-order valence-electron chi connectivity index (χ1n) is 17.1. The second-order valence-corrected chi connectivity index (χ2v) is 15.0. The Bertz CT molecular complexity index is 1630. The molecule has 11 nitrogen and oxygen atoms in total. The lowest BCUT2D eigenvalue weighted by Crippen LogP contribution is -2.59. The van der Waals surface area contributed by atoms with Gasteiger partial charge in [-0.2, -0.15) is 5.10 Å². The minimum absolute atomic E-state index is 0.228. The molecule has 270 valence electrons. The second kappa shape index (κ2) is 15.9. The summed E-state index contributed by atoms with van der Waals surface area (Å²) in [6.07, 6.45) is 4.50. The third-order valence-electron chi connectivity index (χ3n) is 8.85. The second-order valence-electron chi connectivity index (χ2n) is 15.0. The van der Waals surface area contributed by atoms with Gasteiger partial charge >= 0.3 is 6.09 Å². The molecule has 0 spiro atoms. The van der Waals surface area contributed by atoms with Gasteiger partial charge in [0.05, 0.1) is 17.4 Å². The predicted octanol–water partition coefficient (Wildman–Crippen LogP) is 5.47. The summed E-state index contributed by atoms with van der Waals surface area (Å²) in [7, 11) is 1.49. The Kier molecular flexibility index (Phi) is 12.1. The molecule has 1 aromatic heterocycles. The van der Waals surface area contributed by atoms with Crippen LogP contribution in [0.2, 0.25) is 0 Å². The number of para-hydroxylation sites is 1. The number of halogens is 1. The highest BCUT2D eigenvalue weighted by Crippen LogP contribution is 2.27. The van der Waals surface area contributed by atoms with Crippen LogP contribution in [0.4, 0.5) is 9.18 Å². The molecule has 1 N–H and O–H groups in total. The zero-order chi connectivity index (χ0) is 36.8. The SMILES string of the molecule is C[C@@H](C(=O)N[C@H](C(=O)N1CCC[C@H]1CN(CCc1ccc(F)cc1)C(=O)c1cnn(-c2ccccc2)c1)C(C)(C)C)N(C)C(=O)OC(C)(C)C. The van der Waals surface area contributed by atoms with Gasteiger partial charge in [-0.25, -0.2) is 13.9 Å². The molecular formula is C38H51FN6O5. The van der Waals surface area contributed by atoms with Gasteiger partial charge in [0.25, 0.3) is 5.91 Å². The molecule has 2 heterocycles. The minimum Gasteiger partial charge on any atom is -0.444 e. The number of carbonyl (C=O) groups is 4. The van der Waals surface area contributed by atoms with E-state index in [2.05, 4.69) is 10.4 Å². The molecule has 2 aromatic carbocycles. The van der Waals surface area contributed by atoms with Gasteiger partial charge in [-0.15, -0.1) is 0 Å². The summed E-state index contributed by atoms with van der Waals surface area (Å²) < 4.78 is 20.7. The molecule has 0 unspecified atom stereocenters. The molecule has 3 aromatic rings. The lowest BCUT2D eigenvalue weighted by atomic mass is 9.85. The fourth-order valence-corrected chi connectivity index (χ4v) is 5.84. The summed E-state index contributed by atoms with van der Waals surface area (Å²) in [6.45, 7) is 13.6. The fraction of sp³-hybridized carbons (Fsp3) is 0.500. The number of amides is 4. The Morgan fingerprint density at radius 3 is 2.30 bits per heavy atom. The Hall–Kier alpha value is -4.74. The van der Waals surface area contributed by atoms with E-state index in [1.807, 2.05) is 51.1 Å². The van der Waals surface area contributed by atoms with Crippen molar-refractivity contribution in [2.75, 3.05) is 26.7 Å². The van der Waals surface area contributed by atoms with Gasteiger partial charge in [0.15, 0.2) is 0 Å². The zero-order valence-electron chi connectivity index (χ0n) is 30.5. The maximum atomic E-state index is 14.3. The molecule has 1 fully saturated rings. The summed E-state index contributed by atoms with van der Waals surface area (Å²) >= 11 is 0. The lowest BCUT2D eigenvalue weighted by Gasteiger charge is -2.38. The van der Waals surface area contributed by atoms with Crippen LogP contribution in [0.3, 0.4) is 0 Å². The van der Waals surface area contributed by atoms with Gasteiger partial charge in [-0.1, -0.05) is 51.1 Å². The number of likely N-dealkylation sites (N-methyl/N-ethyl adjacent to an activating group) is 1. The summed E-state index contributed by atoms with van der Waals surface area (Å²) in [5, 5.41) is 7.34. The average molecular weight is 691 g/mol. The van der Waals surface area contributed by atoms with Gasteiger partial charge in [0.2, 0.25) is 11.8 Å². The van der Waals surface area contributed by atoms with Crippen LogP contribution < -0.4 is 5.32 Å². The Labute approximate surface area is 294 Å². The smallest absolute Gasteiger partial charge is 0.410 e. The monoisotopic (exact) mass is 690 g/mol. The number of hydrogen-bond donors (Lipinski definition) is 1. The van der Waals surface area contributed by atoms with Crippen molar-refractivity contribution in [2.24, 2.45) is 5.41 Å². The van der Waals surface area contributed by atoms with E-state index in [1.165, 1.54) is 24.1 Å². The number of aromatic nitrogens is 2. The molecular weight excluding hydrogens is 639 g/mol. The summed E-state index contributed by atoms with van der Waals surface area (Å²) in [4.78, 5) is 59.2. The highest BCUT2D eigenvalue weighted by Gasteiger charge is 2.41. The molecule has 1 aliphatic rings. The van der Waals surface area contributed by atoms with Crippen molar-refractivity contribution < 1.29 is 28.3 Å². The van der Waals surface area contributed by atoms with E-state index in [0.717, 1.165) is 17.7 Å². The summed E-state index contributed by atoms with van der Waals surface area (Å²) in [5.74, 6) is -1.29. The van der Waals surface area contributed by atoms with Crippen LogP contribution in [0.25, 0.3) is 5.69 Å². The fourth-order valence-electron chi connectivity index (χ4n) is 5.84. The Morgan fingerprint density at radius 2 is 1.68 bits per heavy atom. The molecule has 4 amide bonds. The largest absolute Gasteiger partial charge is 0.444 e. The molecule has 0 bridgehead atoms. The van der Waals surface area contributed by atoms with Crippen molar-refractivity contribution >= 4 is 23.8 Å². The van der Waals surface area contributed by atoms with Crippen molar-refractivity contribution in [1.82, 2.24) is 29.8 Å². The molecule has 4 rings (SSSR count). The van der Waals surface area contributed by atoms with Gasteiger partial charge in [-0.3, -0.25) is 19.3 Å². The van der Waals surface area contributed by atoms with Crippen molar-refractivity contribution in [3.05, 3.63) is 83.9 Å². The highest BCUT2D eigenvalue weighted by atomic mass is 19.1. The van der Waals surface area contributed by atoms with Gasteiger partial charge in [-0.05, 0) is 82.2 Å². The van der Waals surface area contributed by atoms with Crippen LogP contribution in [0.5, 0.6) is 0 Å². The van der Waals surface area contributed by atoms with Gasteiger partial charge < -0.3 is 19.9 Å². The van der Waals surface area contributed by atoms with Crippen LogP contribution in [-0.2, 0) is 20.7 Å². The number of rotatable bonds is 11. The van der Waals surface area contributed by atoms with E-state index >= 15 is 0 Å². The Balaban J connectivity index is 1.53. The predicted molar refractivity (Wildman–Crippen MR) is 189 cm³/mol. The normalized spacial score (nSPS) is 16.0. The van der Waals surface area contributed by atoms with E-state index in [1.54, 1.807) is 66.7 Å². The number of nitrogens with zero attached hydrogens (tertiary/aromatic N) is 5. The third-order valence-corrected chi connectivity index (χ3v) is 8.85. The first kappa shape index (κ1) is 38.1. The van der Waals surface area contributed by atoms with Crippen molar-refractivity contribution in [3.63, 3.8) is 0 Å². The summed E-state index contributed by atoms with van der Waals surface area (Å²) in [6, 6.07) is 13.6. The molecule has 3 atom stereocenters. The number of carbonyl (C=O) groups excluding carboxylic acids is 4. The number of benzene rings is 2. The van der Waals surface area contributed by atoms with Crippen molar-refractivity contribution in [1.29, 1.82) is 0 Å². The first-order chi connectivity index (χ1) is 23.4. The molecule has 1 aliphatic heterocycles. The van der Waals surface area contributed by atoms with Crippen LogP contribution >= 0.6 is 0 Å². The van der Waals surface area contributed by atoms with Crippen LogP contribution in [0.15, 0.2) is 67.0 Å². The lowest BCUT2D eigenvalue weighted by molar-refractivity contribution is -0.141. The Morgan fingerprint density at radius 1 is 1.02 bits per heavy atom. The van der Waals surface area contributed by atoms with Crippen molar-refractivity contribution in [3.8, 4) is 5.69 Å². The maximum absolute atomic E-state index is 14.3. The van der Waals surface area contributed by atoms with E-state index in [0.29, 0.717) is 31.5 Å². The van der Waals surface area contributed by atoms with Crippen LogP contribution in [0.1, 0.15) is 77.2 Å². The zero-order valence-corrected chi connectivity index (χ0v) is 30.5. The number of ether oxygens (including phenoxy) is 1. The molecule has 1 saturated heterocycles. The van der Waals surface area contributed by atoms with E-state index in [4.69, 9.17) is 4.74 Å². The standard InChI is InChI=1S/C38H51FN6O5/c1-26(42(8)36(49)50-38(5,6)7)33(46)41-32(37(2,3)4)35(48)44-21-12-15-31(44)25-43(22-20-27-16-18-29(39)19-17-27)34(47)28-23-40-45(24-28)30-13-10-9-11-14-30/h9-11,13-14,16-19,23-24,26,31-32H,12,15,20-22,25H2,1-8H3,(H,41,46)/t26-,31-,32+/m0/s1. The van der Waals surface area contributed by atoms with E-state index in [-0.39, 0.29) is 30.2 Å². The third kappa shape index (κ3) is 9.92. The molecule has 0 aliphatic carbocycles. The minimum atomic E-state index is -0.895. The molecule has 50 heavy (non-hydrogen) atoms. The van der Waals surface area contributed by atoms with E-state index < -0.39 is 35.1 Å². The van der Waals surface area contributed by atoms with Gasteiger partial charge in [0, 0.05) is 38.9 Å². The van der Waals surface area contributed by atoms with E-state index in [9.17, 15) is 23.6 Å². The molecule has 0 saturated carbocycles. The number of nitrogens with one attached hydrogen (secondary N) is 1. The average Bonchev–Trinajstić information content (AvgIpc) is 3.74. The van der Waals surface area contributed by atoms with Gasteiger partial charge in [0.1, 0.15) is 23.5 Å². The van der Waals surface area contributed by atoms with Crippen molar-refractivity contribution in [2.45, 2.75) is 91.5 Å². The first-order valence-corrected chi connectivity index (χ1v) is 17.1. The molecule has 0 radical (unpaired) electrons. The molecule has 12 heteroatoms. The number of hydrogen-bond acceptors (Lipinski definition) is 6. The maximum Gasteiger partial charge on any atom is 0.410 e.